The molecule has 0 amide bonds. The highest BCUT2D eigenvalue weighted by Crippen LogP contribution is 2.23. The van der Waals surface area contributed by atoms with Crippen molar-refractivity contribution in [2.45, 2.75) is 52.6 Å². The Kier molecular flexibility index (Phi) is 5.62. The number of nitrogens with zero attached hydrogens (tertiary/aromatic N) is 1. The van der Waals surface area contributed by atoms with Crippen LogP contribution in [-0.2, 0) is 6.54 Å². The van der Waals surface area contributed by atoms with E-state index < -0.39 is 0 Å². The number of rotatable bonds is 5. The molecule has 20 heavy (non-hydrogen) atoms. The quantitative estimate of drug-likeness (QED) is 0.889. The second-order valence-electron chi connectivity index (χ2n) is 6.87. The maximum absolute atomic E-state index is 6.24. The lowest BCUT2D eigenvalue weighted by Gasteiger charge is -2.34. The fourth-order valence-corrected chi connectivity index (χ4v) is 3.10. The molecule has 0 saturated carbocycles. The van der Waals surface area contributed by atoms with Gasteiger partial charge in [-0.25, -0.2) is 0 Å². The van der Waals surface area contributed by atoms with E-state index in [9.17, 15) is 0 Å². The number of likely N-dealkylation sites (tertiary alicyclic amines) is 1. The number of piperidine rings is 1. The number of hydrogen-bond acceptors (Lipinski definition) is 2. The van der Waals surface area contributed by atoms with Crippen molar-refractivity contribution in [3.8, 4) is 0 Å². The molecule has 2 rings (SSSR count). The molecule has 2 nitrogen and oxygen atoms in total. The van der Waals surface area contributed by atoms with Crippen LogP contribution in [0.15, 0.2) is 24.3 Å². The van der Waals surface area contributed by atoms with Crippen LogP contribution in [0.1, 0.15) is 44.2 Å². The SMILES string of the molecule is Cc1ccc(CN2CCCC(CC(N)C(C)C)C2)cc1. The Labute approximate surface area is 124 Å². The van der Waals surface area contributed by atoms with Crippen LogP contribution in [0.25, 0.3) is 0 Å². The predicted molar refractivity (Wildman–Crippen MR) is 86.6 cm³/mol. The first-order valence-corrected chi connectivity index (χ1v) is 8.08. The molecule has 2 heteroatoms. The van der Waals surface area contributed by atoms with Crippen molar-refractivity contribution in [3.63, 3.8) is 0 Å². The smallest absolute Gasteiger partial charge is 0.0233 e. The molecule has 0 aliphatic carbocycles. The molecule has 2 N–H and O–H groups in total. The maximum Gasteiger partial charge on any atom is 0.0233 e. The number of aryl methyl sites for hydroxylation is 1. The lowest BCUT2D eigenvalue weighted by atomic mass is 9.87. The Morgan fingerprint density at radius 3 is 2.60 bits per heavy atom. The summed E-state index contributed by atoms with van der Waals surface area (Å²) in [5.41, 5.74) is 9.02. The molecule has 1 fully saturated rings. The normalized spacial score (nSPS) is 22.1. The zero-order chi connectivity index (χ0) is 14.5. The van der Waals surface area contributed by atoms with E-state index in [0.29, 0.717) is 12.0 Å². The van der Waals surface area contributed by atoms with Gasteiger partial charge in [0.1, 0.15) is 0 Å². The third kappa shape index (κ3) is 4.60. The summed E-state index contributed by atoms with van der Waals surface area (Å²) < 4.78 is 0. The molecule has 1 aromatic carbocycles. The van der Waals surface area contributed by atoms with Gasteiger partial charge in [-0.2, -0.15) is 0 Å². The van der Waals surface area contributed by atoms with Gasteiger partial charge in [0, 0.05) is 19.1 Å². The third-order valence-electron chi connectivity index (χ3n) is 4.59. The van der Waals surface area contributed by atoms with Gasteiger partial charge in [-0.05, 0) is 50.1 Å². The van der Waals surface area contributed by atoms with Crippen LogP contribution in [0.3, 0.4) is 0 Å². The van der Waals surface area contributed by atoms with Gasteiger partial charge in [0.2, 0.25) is 0 Å². The van der Waals surface area contributed by atoms with E-state index >= 15 is 0 Å². The molecule has 0 spiro atoms. The highest BCUT2D eigenvalue weighted by Gasteiger charge is 2.22. The lowest BCUT2D eigenvalue weighted by molar-refractivity contribution is 0.152. The van der Waals surface area contributed by atoms with Gasteiger partial charge in [0.05, 0.1) is 0 Å². The van der Waals surface area contributed by atoms with Crippen LogP contribution in [0.4, 0.5) is 0 Å². The van der Waals surface area contributed by atoms with Gasteiger partial charge in [-0.15, -0.1) is 0 Å². The fourth-order valence-electron chi connectivity index (χ4n) is 3.10. The summed E-state index contributed by atoms with van der Waals surface area (Å²) >= 11 is 0. The van der Waals surface area contributed by atoms with Crippen LogP contribution in [0, 0.1) is 18.8 Å². The molecule has 1 aliphatic heterocycles. The first-order chi connectivity index (χ1) is 9.54. The van der Waals surface area contributed by atoms with Crippen molar-refractivity contribution in [3.05, 3.63) is 35.4 Å². The van der Waals surface area contributed by atoms with E-state index in [4.69, 9.17) is 5.73 Å². The first kappa shape index (κ1) is 15.5. The predicted octanol–water partition coefficient (Wildman–Crippen LogP) is 3.58. The second kappa shape index (κ2) is 7.24. The van der Waals surface area contributed by atoms with E-state index in [1.165, 1.54) is 43.5 Å². The summed E-state index contributed by atoms with van der Waals surface area (Å²) in [6, 6.07) is 9.31. The average molecular weight is 274 g/mol. The van der Waals surface area contributed by atoms with E-state index in [1.54, 1.807) is 0 Å². The molecule has 0 aromatic heterocycles. The topological polar surface area (TPSA) is 29.3 Å². The van der Waals surface area contributed by atoms with E-state index in [0.717, 1.165) is 12.5 Å². The molecular weight excluding hydrogens is 244 g/mol. The van der Waals surface area contributed by atoms with E-state index in [2.05, 4.69) is 49.9 Å². The summed E-state index contributed by atoms with van der Waals surface area (Å²) in [6.45, 7) is 10.2. The summed E-state index contributed by atoms with van der Waals surface area (Å²) in [5, 5.41) is 0. The number of nitrogens with two attached hydrogens (primary N) is 1. The lowest BCUT2D eigenvalue weighted by Crippen LogP contribution is -2.38. The summed E-state index contributed by atoms with van der Waals surface area (Å²) in [6.07, 6.45) is 3.86. The van der Waals surface area contributed by atoms with Crippen molar-refractivity contribution in [2.24, 2.45) is 17.6 Å². The molecule has 112 valence electrons. The minimum atomic E-state index is 0.360. The van der Waals surface area contributed by atoms with Crippen LogP contribution in [-0.4, -0.2) is 24.0 Å². The Bertz CT molecular complexity index is 396. The standard InChI is InChI=1S/C18H30N2/c1-14(2)18(19)11-17-5-4-10-20(13-17)12-16-8-6-15(3)7-9-16/h6-9,14,17-18H,4-5,10-13,19H2,1-3H3. The Morgan fingerprint density at radius 2 is 1.95 bits per heavy atom. The van der Waals surface area contributed by atoms with Crippen LogP contribution in [0.5, 0.6) is 0 Å². The van der Waals surface area contributed by atoms with Gasteiger partial charge in [0.25, 0.3) is 0 Å². The molecular formula is C18H30N2. The van der Waals surface area contributed by atoms with Crippen LogP contribution < -0.4 is 5.73 Å². The highest BCUT2D eigenvalue weighted by atomic mass is 15.1. The zero-order valence-corrected chi connectivity index (χ0v) is 13.3. The molecule has 1 aliphatic rings. The largest absolute Gasteiger partial charge is 0.327 e. The molecule has 1 saturated heterocycles. The molecule has 1 aromatic rings. The van der Waals surface area contributed by atoms with E-state index in [-0.39, 0.29) is 0 Å². The minimum absolute atomic E-state index is 0.360. The Hall–Kier alpha value is -0.860. The first-order valence-electron chi connectivity index (χ1n) is 8.08. The summed E-state index contributed by atoms with van der Waals surface area (Å²) in [5.74, 6) is 1.38. The van der Waals surface area contributed by atoms with Gasteiger partial charge in [-0.3, -0.25) is 4.90 Å². The van der Waals surface area contributed by atoms with Crippen LogP contribution in [0.2, 0.25) is 0 Å². The second-order valence-corrected chi connectivity index (χ2v) is 6.87. The average Bonchev–Trinajstić information content (AvgIpc) is 2.42. The maximum atomic E-state index is 6.24. The van der Waals surface area contributed by atoms with Crippen LogP contribution >= 0.6 is 0 Å². The molecule has 0 radical (unpaired) electrons. The van der Waals surface area contributed by atoms with Gasteiger partial charge >= 0.3 is 0 Å². The molecule has 1 heterocycles. The van der Waals surface area contributed by atoms with Gasteiger partial charge in [0.15, 0.2) is 0 Å². The summed E-state index contributed by atoms with van der Waals surface area (Å²) in [4.78, 5) is 2.60. The van der Waals surface area contributed by atoms with Gasteiger partial charge < -0.3 is 5.73 Å². The Balaban J connectivity index is 1.85. The van der Waals surface area contributed by atoms with Crippen molar-refractivity contribution < 1.29 is 0 Å². The molecule has 2 unspecified atom stereocenters. The third-order valence-corrected chi connectivity index (χ3v) is 4.59. The van der Waals surface area contributed by atoms with Crippen molar-refractivity contribution in [1.82, 2.24) is 4.90 Å². The molecule has 0 bridgehead atoms. The highest BCUT2D eigenvalue weighted by molar-refractivity contribution is 5.21. The minimum Gasteiger partial charge on any atom is -0.327 e. The monoisotopic (exact) mass is 274 g/mol. The fraction of sp³-hybridized carbons (Fsp3) is 0.667. The van der Waals surface area contributed by atoms with Crippen molar-refractivity contribution >= 4 is 0 Å². The Morgan fingerprint density at radius 1 is 1.25 bits per heavy atom. The van der Waals surface area contributed by atoms with Gasteiger partial charge in [-0.1, -0.05) is 43.7 Å². The van der Waals surface area contributed by atoms with E-state index in [1.807, 2.05) is 0 Å². The molecule has 2 atom stereocenters. The van der Waals surface area contributed by atoms with Crippen molar-refractivity contribution in [2.75, 3.05) is 13.1 Å². The summed E-state index contributed by atoms with van der Waals surface area (Å²) in [7, 11) is 0. The zero-order valence-electron chi connectivity index (χ0n) is 13.3. The number of hydrogen-bond donors (Lipinski definition) is 1. The van der Waals surface area contributed by atoms with Crippen molar-refractivity contribution in [1.29, 1.82) is 0 Å². The number of benzene rings is 1.